The molecule has 0 N–H and O–H groups in total. The van der Waals surface area contributed by atoms with Gasteiger partial charge in [0.2, 0.25) is 0 Å². The molecule has 120 valence electrons. The summed E-state index contributed by atoms with van der Waals surface area (Å²) in [6.07, 6.45) is -4.14. The minimum absolute atomic E-state index is 0.107. The molecule has 21 heavy (non-hydrogen) atoms. The largest absolute Gasteiger partial charge is 0.475 e. The monoisotopic (exact) mass is 328 g/mol. The molecule has 0 radical (unpaired) electrons. The van der Waals surface area contributed by atoms with Gasteiger partial charge in [0, 0.05) is 0 Å². The molecule has 5 nitrogen and oxygen atoms in total. The molecule has 9 heteroatoms. The van der Waals surface area contributed by atoms with Crippen molar-refractivity contribution in [2.75, 3.05) is 13.2 Å². The Balaban J connectivity index is 2.90. The zero-order valence-electron chi connectivity index (χ0n) is 11.5. The van der Waals surface area contributed by atoms with Gasteiger partial charge in [-0.3, -0.25) is 13.6 Å². The number of hydrogen-bond donors (Lipinski definition) is 0. The van der Waals surface area contributed by atoms with E-state index in [2.05, 4.69) is 13.6 Å². The Morgan fingerprint density at radius 1 is 1.33 bits per heavy atom. The molecule has 1 unspecified atom stereocenters. The molecule has 1 aromatic heterocycles. The van der Waals surface area contributed by atoms with Crippen LogP contribution in [-0.2, 0) is 18.1 Å². The van der Waals surface area contributed by atoms with Crippen LogP contribution in [0.4, 0.5) is 13.2 Å². The van der Waals surface area contributed by atoms with Crippen LogP contribution < -0.4 is 0 Å². The summed E-state index contributed by atoms with van der Waals surface area (Å²) in [5.41, 5.74) is 0. The SMILES string of the molecule is CCOP(=O)(OCC)OC(/C=C/c1ccco1)C(F)(F)F. The molecular formula is C12H16F3O5P. The lowest BCUT2D eigenvalue weighted by Gasteiger charge is -2.22. The standard InChI is InChI=1S/C12H16F3O5P/c1-3-18-21(16,19-4-2)20-11(12(13,14)15)8-7-10-6-5-9-17-10/h5-9,11H,3-4H2,1-2H3/b8-7+. The third kappa shape index (κ3) is 6.05. The smallest absolute Gasteiger partial charge is 0.465 e. The van der Waals surface area contributed by atoms with Crippen LogP contribution in [0.2, 0.25) is 0 Å². The maximum Gasteiger partial charge on any atom is 0.475 e. The summed E-state index contributed by atoms with van der Waals surface area (Å²) in [5.74, 6) is 0.204. The predicted octanol–water partition coefficient (Wildman–Crippen LogP) is 4.42. The van der Waals surface area contributed by atoms with Crippen molar-refractivity contribution >= 4 is 13.9 Å². The normalized spacial score (nSPS) is 14.7. The molecule has 1 heterocycles. The summed E-state index contributed by atoms with van der Waals surface area (Å²) in [4.78, 5) is 0. The molecule has 0 bridgehead atoms. The van der Waals surface area contributed by atoms with E-state index in [0.29, 0.717) is 6.08 Å². The molecular weight excluding hydrogens is 312 g/mol. The third-order valence-electron chi connectivity index (χ3n) is 2.12. The van der Waals surface area contributed by atoms with Gasteiger partial charge in [0.15, 0.2) is 6.10 Å². The van der Waals surface area contributed by atoms with Gasteiger partial charge in [-0.2, -0.15) is 13.2 Å². The van der Waals surface area contributed by atoms with Gasteiger partial charge in [-0.1, -0.05) is 0 Å². The Morgan fingerprint density at radius 3 is 2.38 bits per heavy atom. The highest BCUT2D eigenvalue weighted by atomic mass is 31.2. The van der Waals surface area contributed by atoms with Crippen LogP contribution in [0.1, 0.15) is 19.6 Å². The Labute approximate surface area is 120 Å². The third-order valence-corrected chi connectivity index (χ3v) is 3.75. The van der Waals surface area contributed by atoms with Gasteiger partial charge in [-0.15, -0.1) is 0 Å². The van der Waals surface area contributed by atoms with Crippen LogP contribution in [0.25, 0.3) is 6.08 Å². The van der Waals surface area contributed by atoms with E-state index in [9.17, 15) is 17.7 Å². The average molecular weight is 328 g/mol. The number of phosphoric acid groups is 1. The first-order valence-corrected chi connectivity index (χ1v) is 7.62. The maximum atomic E-state index is 12.9. The minimum atomic E-state index is -4.77. The lowest BCUT2D eigenvalue weighted by Crippen LogP contribution is -2.29. The summed E-state index contributed by atoms with van der Waals surface area (Å²) < 4.78 is 69.6. The highest BCUT2D eigenvalue weighted by Crippen LogP contribution is 2.52. The van der Waals surface area contributed by atoms with Crippen molar-refractivity contribution in [3.63, 3.8) is 0 Å². The van der Waals surface area contributed by atoms with E-state index in [-0.39, 0.29) is 19.0 Å². The van der Waals surface area contributed by atoms with E-state index in [4.69, 9.17) is 4.42 Å². The highest BCUT2D eigenvalue weighted by Gasteiger charge is 2.44. The quantitative estimate of drug-likeness (QED) is 0.661. The van der Waals surface area contributed by atoms with E-state index in [1.165, 1.54) is 32.2 Å². The van der Waals surface area contributed by atoms with Gasteiger partial charge in [-0.25, -0.2) is 4.57 Å². The Kier molecular flexibility index (Phi) is 6.67. The molecule has 1 atom stereocenters. The van der Waals surface area contributed by atoms with Crippen molar-refractivity contribution in [2.24, 2.45) is 0 Å². The molecule has 0 spiro atoms. The van der Waals surface area contributed by atoms with Crippen LogP contribution in [0.15, 0.2) is 28.9 Å². The molecule has 0 aromatic carbocycles. The van der Waals surface area contributed by atoms with Crippen LogP contribution in [0, 0.1) is 0 Å². The summed E-state index contributed by atoms with van der Waals surface area (Å²) in [6, 6.07) is 2.99. The van der Waals surface area contributed by atoms with Crippen molar-refractivity contribution in [3.05, 3.63) is 30.2 Å². The molecule has 0 saturated heterocycles. The molecule has 0 fully saturated rings. The Morgan fingerprint density at radius 2 is 1.95 bits per heavy atom. The first-order chi connectivity index (χ1) is 9.80. The number of alkyl halides is 3. The van der Waals surface area contributed by atoms with Crippen LogP contribution in [0.3, 0.4) is 0 Å². The molecule has 0 aliphatic heterocycles. The maximum absolute atomic E-state index is 12.9. The van der Waals surface area contributed by atoms with Crippen LogP contribution in [-0.4, -0.2) is 25.5 Å². The minimum Gasteiger partial charge on any atom is -0.465 e. The van der Waals surface area contributed by atoms with Gasteiger partial charge >= 0.3 is 14.0 Å². The van der Waals surface area contributed by atoms with Gasteiger partial charge in [-0.05, 0) is 38.1 Å². The highest BCUT2D eigenvalue weighted by molar-refractivity contribution is 7.48. The van der Waals surface area contributed by atoms with E-state index in [1.807, 2.05) is 0 Å². The Hall–Kier alpha value is -1.08. The zero-order valence-corrected chi connectivity index (χ0v) is 12.4. The second kappa shape index (κ2) is 7.79. The van der Waals surface area contributed by atoms with Crippen molar-refractivity contribution in [2.45, 2.75) is 26.1 Å². The van der Waals surface area contributed by atoms with E-state index < -0.39 is 20.1 Å². The van der Waals surface area contributed by atoms with Crippen molar-refractivity contribution < 1.29 is 35.7 Å². The molecule has 1 aromatic rings. The molecule has 0 saturated carbocycles. The molecule has 0 aliphatic rings. The second-order valence-corrected chi connectivity index (χ2v) is 5.35. The summed E-state index contributed by atoms with van der Waals surface area (Å²) >= 11 is 0. The van der Waals surface area contributed by atoms with E-state index in [0.717, 1.165) is 6.08 Å². The number of halogens is 3. The van der Waals surface area contributed by atoms with Gasteiger partial charge in [0.05, 0.1) is 19.5 Å². The first-order valence-electron chi connectivity index (χ1n) is 6.16. The van der Waals surface area contributed by atoms with Crippen molar-refractivity contribution in [1.29, 1.82) is 0 Å². The zero-order chi connectivity index (χ0) is 15.9. The van der Waals surface area contributed by atoms with Crippen LogP contribution >= 0.6 is 7.82 Å². The van der Waals surface area contributed by atoms with E-state index >= 15 is 0 Å². The van der Waals surface area contributed by atoms with Gasteiger partial charge < -0.3 is 4.42 Å². The van der Waals surface area contributed by atoms with Gasteiger partial charge in [0.25, 0.3) is 0 Å². The summed E-state index contributed by atoms with van der Waals surface area (Å²) in [6.45, 7) is 2.72. The van der Waals surface area contributed by atoms with Crippen molar-refractivity contribution in [1.82, 2.24) is 0 Å². The fraction of sp³-hybridized carbons (Fsp3) is 0.500. The first kappa shape index (κ1) is 18.0. The van der Waals surface area contributed by atoms with Crippen molar-refractivity contribution in [3.8, 4) is 0 Å². The summed E-state index contributed by atoms with van der Waals surface area (Å²) in [5, 5.41) is 0. The fourth-order valence-corrected chi connectivity index (χ4v) is 2.62. The van der Waals surface area contributed by atoms with Crippen LogP contribution in [0.5, 0.6) is 0 Å². The van der Waals surface area contributed by atoms with E-state index in [1.54, 1.807) is 0 Å². The lowest BCUT2D eigenvalue weighted by atomic mass is 10.3. The second-order valence-electron chi connectivity index (χ2n) is 3.72. The number of rotatable bonds is 8. The predicted molar refractivity (Wildman–Crippen MR) is 69.5 cm³/mol. The number of furan rings is 1. The number of phosphoric ester groups is 1. The molecule has 1 rings (SSSR count). The fourth-order valence-electron chi connectivity index (χ4n) is 1.33. The Bertz CT molecular complexity index is 474. The molecule has 0 amide bonds. The number of hydrogen-bond acceptors (Lipinski definition) is 5. The topological polar surface area (TPSA) is 57.9 Å². The molecule has 0 aliphatic carbocycles. The summed E-state index contributed by atoms with van der Waals surface area (Å²) in [7, 11) is -4.28. The average Bonchev–Trinajstić information content (AvgIpc) is 2.86. The van der Waals surface area contributed by atoms with Gasteiger partial charge in [0.1, 0.15) is 5.76 Å². The lowest BCUT2D eigenvalue weighted by molar-refractivity contribution is -0.185.